The molecular formula is C18H18N2O5. The van der Waals surface area contributed by atoms with Gasteiger partial charge in [-0.2, -0.15) is 0 Å². The highest BCUT2D eigenvalue weighted by Crippen LogP contribution is 2.22. The van der Waals surface area contributed by atoms with E-state index in [2.05, 4.69) is 5.32 Å². The molecule has 2 aromatic rings. The summed E-state index contributed by atoms with van der Waals surface area (Å²) < 4.78 is 5.22. The van der Waals surface area contributed by atoms with Crippen LogP contribution < -0.4 is 5.32 Å². The maximum Gasteiger partial charge on any atom is 0.330 e. The molecule has 2 N–H and O–H groups in total. The van der Waals surface area contributed by atoms with Crippen molar-refractivity contribution in [2.45, 2.75) is 19.0 Å². The van der Waals surface area contributed by atoms with Crippen LogP contribution in [-0.4, -0.2) is 34.3 Å². The van der Waals surface area contributed by atoms with E-state index in [4.69, 9.17) is 4.42 Å². The molecule has 1 aliphatic rings. The van der Waals surface area contributed by atoms with Gasteiger partial charge in [0.05, 0.1) is 18.7 Å². The lowest BCUT2D eigenvalue weighted by molar-refractivity contribution is -0.142. The first-order chi connectivity index (χ1) is 12.0. The Bertz CT molecular complexity index is 757. The minimum atomic E-state index is -1.14. The van der Waals surface area contributed by atoms with Crippen molar-refractivity contribution in [2.75, 3.05) is 6.54 Å². The number of likely N-dealkylation sites (tertiary alicyclic amines) is 1. The van der Waals surface area contributed by atoms with Crippen molar-refractivity contribution in [3.8, 4) is 0 Å². The van der Waals surface area contributed by atoms with E-state index in [-0.39, 0.29) is 18.9 Å². The summed E-state index contributed by atoms with van der Waals surface area (Å²) in [4.78, 5) is 37.6. The highest BCUT2D eigenvalue weighted by atomic mass is 16.4. The van der Waals surface area contributed by atoms with Gasteiger partial charge in [0.2, 0.25) is 11.8 Å². The van der Waals surface area contributed by atoms with Gasteiger partial charge in [-0.15, -0.1) is 0 Å². The molecule has 1 fully saturated rings. The topological polar surface area (TPSA) is 99.8 Å². The summed E-state index contributed by atoms with van der Waals surface area (Å²) in [6.07, 6.45) is 1.59. The summed E-state index contributed by atoms with van der Waals surface area (Å²) in [7, 11) is 0. The van der Waals surface area contributed by atoms with Crippen molar-refractivity contribution in [3.63, 3.8) is 0 Å². The first kappa shape index (κ1) is 16.8. The fourth-order valence-corrected chi connectivity index (χ4v) is 2.88. The second-order valence-electron chi connectivity index (χ2n) is 5.95. The molecule has 3 rings (SSSR count). The molecule has 0 saturated carbocycles. The third-order valence-corrected chi connectivity index (χ3v) is 4.18. The van der Waals surface area contributed by atoms with Crippen LogP contribution in [-0.2, 0) is 20.9 Å². The summed E-state index contributed by atoms with van der Waals surface area (Å²) in [5, 5.41) is 11.9. The number of amides is 2. The predicted octanol–water partition coefficient (Wildman–Crippen LogP) is 1.57. The molecule has 1 aliphatic heterocycles. The van der Waals surface area contributed by atoms with Gasteiger partial charge in [0.15, 0.2) is 6.04 Å². The molecule has 0 bridgehead atoms. The van der Waals surface area contributed by atoms with Crippen molar-refractivity contribution in [3.05, 3.63) is 60.1 Å². The number of carboxylic acid groups (broad SMARTS) is 1. The maximum absolute atomic E-state index is 12.5. The number of rotatable bonds is 6. The molecule has 1 saturated heterocycles. The highest BCUT2D eigenvalue weighted by Gasteiger charge is 2.36. The number of aliphatic carboxylic acids is 1. The van der Waals surface area contributed by atoms with Gasteiger partial charge in [0, 0.05) is 13.0 Å². The molecule has 7 nitrogen and oxygen atoms in total. The Kier molecular flexibility index (Phi) is 4.83. The molecule has 130 valence electrons. The van der Waals surface area contributed by atoms with Crippen LogP contribution in [0, 0.1) is 5.92 Å². The highest BCUT2D eigenvalue weighted by molar-refractivity contribution is 5.91. The van der Waals surface area contributed by atoms with Crippen LogP contribution in [0.15, 0.2) is 53.1 Å². The third kappa shape index (κ3) is 3.88. The first-order valence-corrected chi connectivity index (χ1v) is 7.93. The van der Waals surface area contributed by atoms with Gasteiger partial charge in [0.25, 0.3) is 0 Å². The van der Waals surface area contributed by atoms with Crippen molar-refractivity contribution in [2.24, 2.45) is 5.92 Å². The van der Waals surface area contributed by atoms with Crippen LogP contribution in [0.5, 0.6) is 0 Å². The van der Waals surface area contributed by atoms with Gasteiger partial charge in [-0.1, -0.05) is 30.3 Å². The zero-order valence-corrected chi connectivity index (χ0v) is 13.4. The SMILES string of the molecule is O=C(N[C@H](C(=O)O)c1ccccc1)C1CC(=O)N(Cc2ccco2)C1. The molecule has 7 heteroatoms. The first-order valence-electron chi connectivity index (χ1n) is 7.93. The molecule has 2 amide bonds. The molecule has 0 radical (unpaired) electrons. The number of hydrogen-bond acceptors (Lipinski definition) is 4. The number of furan rings is 1. The Hall–Kier alpha value is -3.09. The van der Waals surface area contributed by atoms with Gasteiger partial charge in [0.1, 0.15) is 5.76 Å². The van der Waals surface area contributed by atoms with E-state index in [0.717, 1.165) is 0 Å². The Morgan fingerprint density at radius 1 is 1.24 bits per heavy atom. The molecule has 2 atom stereocenters. The lowest BCUT2D eigenvalue weighted by Crippen LogP contribution is -2.38. The molecular weight excluding hydrogens is 324 g/mol. The summed E-state index contributed by atoms with van der Waals surface area (Å²) in [6, 6.07) is 10.8. The lowest BCUT2D eigenvalue weighted by Gasteiger charge is -2.18. The zero-order chi connectivity index (χ0) is 17.8. The standard InChI is InChI=1S/C18H18N2O5/c21-15-9-13(10-20(15)11-14-7-4-8-25-14)17(22)19-16(18(23)24)12-5-2-1-3-6-12/h1-8,13,16H,9-11H2,(H,19,22)(H,23,24)/t13?,16-/m0/s1. The summed E-state index contributed by atoms with van der Waals surface area (Å²) in [5.74, 6) is -1.67. The van der Waals surface area contributed by atoms with Gasteiger partial charge in [-0.3, -0.25) is 9.59 Å². The molecule has 1 aromatic carbocycles. The molecule has 0 spiro atoms. The number of nitrogens with zero attached hydrogens (tertiary/aromatic N) is 1. The number of carbonyl (C=O) groups excluding carboxylic acids is 2. The van der Waals surface area contributed by atoms with E-state index in [1.54, 1.807) is 47.4 Å². The quantitative estimate of drug-likeness (QED) is 0.830. The van der Waals surface area contributed by atoms with Crippen LogP contribution >= 0.6 is 0 Å². The van der Waals surface area contributed by atoms with Gasteiger partial charge < -0.3 is 19.7 Å². The van der Waals surface area contributed by atoms with Crippen molar-refractivity contribution in [1.82, 2.24) is 10.2 Å². The fourth-order valence-electron chi connectivity index (χ4n) is 2.88. The largest absolute Gasteiger partial charge is 0.479 e. The van der Waals surface area contributed by atoms with Crippen LogP contribution in [0.25, 0.3) is 0 Å². The molecule has 25 heavy (non-hydrogen) atoms. The second kappa shape index (κ2) is 7.21. The van der Waals surface area contributed by atoms with Crippen molar-refractivity contribution in [1.29, 1.82) is 0 Å². The van der Waals surface area contributed by atoms with Gasteiger partial charge in [-0.25, -0.2) is 4.79 Å². The number of carbonyl (C=O) groups is 3. The molecule has 1 unspecified atom stereocenters. The number of benzene rings is 1. The van der Waals surface area contributed by atoms with Crippen LogP contribution in [0.1, 0.15) is 23.8 Å². The minimum absolute atomic E-state index is 0.0632. The normalized spacial score (nSPS) is 18.2. The second-order valence-corrected chi connectivity index (χ2v) is 5.95. The molecule has 0 aliphatic carbocycles. The average Bonchev–Trinajstić information content (AvgIpc) is 3.24. The summed E-state index contributed by atoms with van der Waals surface area (Å²) >= 11 is 0. The Morgan fingerprint density at radius 2 is 2.00 bits per heavy atom. The monoisotopic (exact) mass is 342 g/mol. The number of carboxylic acids is 1. The van der Waals surface area contributed by atoms with Crippen molar-refractivity contribution >= 4 is 17.8 Å². The Balaban J connectivity index is 1.64. The lowest BCUT2D eigenvalue weighted by atomic mass is 10.0. The van der Waals surface area contributed by atoms with E-state index < -0.39 is 23.8 Å². The zero-order valence-electron chi connectivity index (χ0n) is 13.4. The summed E-state index contributed by atoms with van der Waals surface area (Å²) in [6.45, 7) is 0.545. The number of nitrogens with one attached hydrogen (secondary N) is 1. The number of hydrogen-bond donors (Lipinski definition) is 2. The maximum atomic E-state index is 12.5. The van der Waals surface area contributed by atoms with E-state index in [0.29, 0.717) is 17.9 Å². The average molecular weight is 342 g/mol. The molecule has 2 heterocycles. The Labute approximate surface area is 144 Å². The smallest absolute Gasteiger partial charge is 0.330 e. The van der Waals surface area contributed by atoms with Crippen LogP contribution in [0.3, 0.4) is 0 Å². The summed E-state index contributed by atoms with van der Waals surface area (Å²) in [5.41, 5.74) is 0.486. The Morgan fingerprint density at radius 3 is 2.64 bits per heavy atom. The van der Waals surface area contributed by atoms with Crippen LogP contribution in [0.2, 0.25) is 0 Å². The fraction of sp³-hybridized carbons (Fsp3) is 0.278. The molecule has 1 aromatic heterocycles. The predicted molar refractivity (Wildman–Crippen MR) is 87.2 cm³/mol. The van der Waals surface area contributed by atoms with E-state index in [1.807, 2.05) is 0 Å². The van der Waals surface area contributed by atoms with Crippen LogP contribution in [0.4, 0.5) is 0 Å². The van der Waals surface area contributed by atoms with Gasteiger partial charge >= 0.3 is 5.97 Å². The van der Waals surface area contributed by atoms with E-state index in [1.165, 1.54) is 6.26 Å². The van der Waals surface area contributed by atoms with E-state index in [9.17, 15) is 19.5 Å². The van der Waals surface area contributed by atoms with E-state index >= 15 is 0 Å². The van der Waals surface area contributed by atoms with Crippen molar-refractivity contribution < 1.29 is 23.9 Å². The third-order valence-electron chi connectivity index (χ3n) is 4.18. The van der Waals surface area contributed by atoms with Gasteiger partial charge in [-0.05, 0) is 17.7 Å². The minimum Gasteiger partial charge on any atom is -0.479 e.